The standard InChI is InChI=1S/C23H23ClN6O4/c24-23-26-9-7-18(27-23)29(14-2-1-8-25-11-14)12-13-3-4-15-16(10-13)22(34)30(21(15)33)17-5-6-19(31)28-20(17)32/h3-4,7,9-10,14,17,25H,1-2,5-6,8,11-12H2,(H,28,31,32). The lowest BCUT2D eigenvalue weighted by Gasteiger charge is -2.35. The van der Waals surface area contributed by atoms with Gasteiger partial charge in [0.1, 0.15) is 11.9 Å². The summed E-state index contributed by atoms with van der Waals surface area (Å²) in [6, 6.07) is 6.12. The van der Waals surface area contributed by atoms with Gasteiger partial charge in [-0.25, -0.2) is 9.97 Å². The van der Waals surface area contributed by atoms with Crippen LogP contribution in [0.15, 0.2) is 30.5 Å². The van der Waals surface area contributed by atoms with E-state index in [4.69, 9.17) is 11.6 Å². The Balaban J connectivity index is 1.42. The molecule has 4 amide bonds. The monoisotopic (exact) mass is 482 g/mol. The summed E-state index contributed by atoms with van der Waals surface area (Å²) >= 11 is 6.05. The minimum absolute atomic E-state index is 0.0843. The molecule has 2 saturated heterocycles. The highest BCUT2D eigenvalue weighted by molar-refractivity contribution is 6.28. The zero-order valence-electron chi connectivity index (χ0n) is 18.3. The summed E-state index contributed by atoms with van der Waals surface area (Å²) in [6.45, 7) is 2.20. The molecule has 2 fully saturated rings. The van der Waals surface area contributed by atoms with Crippen molar-refractivity contribution in [3.63, 3.8) is 0 Å². The summed E-state index contributed by atoms with van der Waals surface area (Å²) < 4.78 is 0. The third-order valence-corrected chi connectivity index (χ3v) is 6.66. The van der Waals surface area contributed by atoms with E-state index in [1.807, 2.05) is 6.07 Å². The van der Waals surface area contributed by atoms with Crippen molar-refractivity contribution in [1.82, 2.24) is 25.5 Å². The predicted octanol–water partition coefficient (Wildman–Crippen LogP) is 1.29. The molecule has 3 aliphatic heterocycles. The molecule has 5 rings (SSSR count). The van der Waals surface area contributed by atoms with Crippen molar-refractivity contribution in [1.29, 1.82) is 0 Å². The number of amides is 4. The van der Waals surface area contributed by atoms with Crippen molar-refractivity contribution in [2.45, 2.75) is 44.3 Å². The molecule has 4 heterocycles. The number of rotatable bonds is 5. The number of carbonyl (C=O) groups is 4. The molecule has 0 bridgehead atoms. The second kappa shape index (κ2) is 9.11. The maximum absolute atomic E-state index is 13.2. The largest absolute Gasteiger partial charge is 0.348 e. The number of hydrogen-bond acceptors (Lipinski definition) is 8. The number of halogens is 1. The van der Waals surface area contributed by atoms with Crippen molar-refractivity contribution >= 4 is 41.0 Å². The van der Waals surface area contributed by atoms with Crippen molar-refractivity contribution in [2.24, 2.45) is 0 Å². The van der Waals surface area contributed by atoms with Crippen LogP contribution in [0.2, 0.25) is 5.28 Å². The number of fused-ring (bicyclic) bond motifs is 1. The molecule has 1 aromatic carbocycles. The number of nitrogens with one attached hydrogen (secondary N) is 2. The number of carbonyl (C=O) groups excluding carboxylic acids is 4. The van der Waals surface area contributed by atoms with Crippen LogP contribution < -0.4 is 15.5 Å². The van der Waals surface area contributed by atoms with E-state index in [9.17, 15) is 19.2 Å². The molecule has 1 aromatic heterocycles. The lowest BCUT2D eigenvalue weighted by Crippen LogP contribution is -2.54. The van der Waals surface area contributed by atoms with Crippen LogP contribution in [0.3, 0.4) is 0 Å². The summed E-state index contributed by atoms with van der Waals surface area (Å²) in [5.74, 6) is -1.38. The van der Waals surface area contributed by atoms with Crippen molar-refractivity contribution in [2.75, 3.05) is 18.0 Å². The third kappa shape index (κ3) is 4.14. The number of imide groups is 2. The Morgan fingerprint density at radius 1 is 1.09 bits per heavy atom. The second-order valence-corrected chi connectivity index (χ2v) is 8.98. The molecule has 10 nitrogen and oxygen atoms in total. The molecule has 0 spiro atoms. The van der Waals surface area contributed by atoms with Gasteiger partial charge >= 0.3 is 0 Å². The highest BCUT2D eigenvalue weighted by Crippen LogP contribution is 2.30. The molecule has 3 aliphatic rings. The highest BCUT2D eigenvalue weighted by atomic mass is 35.5. The van der Waals surface area contributed by atoms with Crippen LogP contribution >= 0.6 is 11.6 Å². The zero-order chi connectivity index (χ0) is 23.8. The van der Waals surface area contributed by atoms with Gasteiger partial charge in [0.2, 0.25) is 17.1 Å². The van der Waals surface area contributed by atoms with Gasteiger partial charge in [-0.1, -0.05) is 6.07 Å². The number of piperidine rings is 2. The molecule has 34 heavy (non-hydrogen) atoms. The summed E-state index contributed by atoms with van der Waals surface area (Å²) in [7, 11) is 0. The Morgan fingerprint density at radius 3 is 2.65 bits per heavy atom. The van der Waals surface area contributed by atoms with Crippen molar-refractivity contribution in [3.05, 3.63) is 52.4 Å². The van der Waals surface area contributed by atoms with Gasteiger partial charge in [-0.3, -0.25) is 29.4 Å². The van der Waals surface area contributed by atoms with Gasteiger partial charge in [0.05, 0.1) is 11.1 Å². The Bertz CT molecular complexity index is 1180. The van der Waals surface area contributed by atoms with Gasteiger partial charge in [0.15, 0.2) is 0 Å². The van der Waals surface area contributed by atoms with Crippen LogP contribution in [0.4, 0.5) is 5.82 Å². The molecule has 2 unspecified atom stereocenters. The predicted molar refractivity (Wildman–Crippen MR) is 122 cm³/mol. The van der Waals surface area contributed by atoms with E-state index in [1.165, 1.54) is 0 Å². The summed E-state index contributed by atoms with van der Waals surface area (Å²) in [6.07, 6.45) is 3.82. The van der Waals surface area contributed by atoms with Crippen LogP contribution in [0.5, 0.6) is 0 Å². The van der Waals surface area contributed by atoms with E-state index in [-0.39, 0.29) is 35.3 Å². The molecule has 0 saturated carbocycles. The van der Waals surface area contributed by atoms with Crippen LogP contribution in [-0.4, -0.2) is 63.7 Å². The first-order valence-electron chi connectivity index (χ1n) is 11.2. The summed E-state index contributed by atoms with van der Waals surface area (Å²) in [5, 5.41) is 5.77. The molecule has 2 N–H and O–H groups in total. The third-order valence-electron chi connectivity index (χ3n) is 6.47. The first-order chi connectivity index (χ1) is 16.4. The van der Waals surface area contributed by atoms with E-state index in [0.29, 0.717) is 12.4 Å². The lowest BCUT2D eigenvalue weighted by atomic mass is 10.0. The van der Waals surface area contributed by atoms with Crippen LogP contribution in [0.25, 0.3) is 0 Å². The quantitative estimate of drug-likeness (QED) is 0.482. The minimum atomic E-state index is -0.985. The normalized spacial score (nSPS) is 22.6. The SMILES string of the molecule is O=C1CCC(N2C(=O)c3ccc(CN(c4ccnc(Cl)n4)C4CCCNC4)cc3C2=O)C(=O)N1. The number of benzene rings is 1. The van der Waals surface area contributed by atoms with Crippen LogP contribution in [0, 0.1) is 0 Å². The molecule has 0 aliphatic carbocycles. The number of hydrogen-bond donors (Lipinski definition) is 2. The molecule has 2 atom stereocenters. The first kappa shape index (κ1) is 22.4. The van der Waals surface area contributed by atoms with Crippen molar-refractivity contribution < 1.29 is 19.2 Å². The van der Waals surface area contributed by atoms with Crippen LogP contribution in [-0.2, 0) is 16.1 Å². The van der Waals surface area contributed by atoms with E-state index < -0.39 is 29.7 Å². The molecule has 176 valence electrons. The fraction of sp³-hybridized carbons (Fsp3) is 0.391. The smallest absolute Gasteiger partial charge is 0.262 e. The molecular formula is C23H23ClN6O4. The van der Waals surface area contributed by atoms with E-state index in [2.05, 4.69) is 25.5 Å². The topological polar surface area (TPSA) is 125 Å². The lowest BCUT2D eigenvalue weighted by molar-refractivity contribution is -0.136. The first-order valence-corrected chi connectivity index (χ1v) is 11.6. The average Bonchev–Trinajstić information content (AvgIpc) is 3.08. The average molecular weight is 483 g/mol. The maximum Gasteiger partial charge on any atom is 0.262 e. The second-order valence-electron chi connectivity index (χ2n) is 8.64. The van der Waals surface area contributed by atoms with Crippen molar-refractivity contribution in [3.8, 4) is 0 Å². The zero-order valence-corrected chi connectivity index (χ0v) is 19.0. The molecular weight excluding hydrogens is 460 g/mol. The van der Waals surface area contributed by atoms with Gasteiger partial charge in [0, 0.05) is 31.7 Å². The van der Waals surface area contributed by atoms with E-state index >= 15 is 0 Å². The van der Waals surface area contributed by atoms with Gasteiger partial charge in [-0.15, -0.1) is 0 Å². The van der Waals surface area contributed by atoms with Gasteiger partial charge in [-0.2, -0.15) is 0 Å². The Labute approximate surface area is 200 Å². The Morgan fingerprint density at radius 2 is 1.91 bits per heavy atom. The summed E-state index contributed by atoms with van der Waals surface area (Å²) in [4.78, 5) is 61.4. The van der Waals surface area contributed by atoms with Gasteiger partial charge < -0.3 is 10.2 Å². The van der Waals surface area contributed by atoms with Gasteiger partial charge in [0.25, 0.3) is 11.8 Å². The van der Waals surface area contributed by atoms with Gasteiger partial charge in [-0.05, 0) is 61.2 Å². The Kier molecular flexibility index (Phi) is 6.01. The highest BCUT2D eigenvalue weighted by Gasteiger charge is 2.44. The van der Waals surface area contributed by atoms with E-state index in [1.54, 1.807) is 24.4 Å². The molecule has 0 radical (unpaired) electrons. The molecule has 2 aromatic rings. The fourth-order valence-corrected chi connectivity index (χ4v) is 4.94. The fourth-order valence-electron chi connectivity index (χ4n) is 4.80. The Hall–Kier alpha value is -3.37. The van der Waals surface area contributed by atoms with Crippen LogP contribution in [0.1, 0.15) is 52.0 Å². The molecule has 11 heteroatoms. The summed E-state index contributed by atoms with van der Waals surface area (Å²) in [5.41, 5.74) is 1.34. The van der Waals surface area contributed by atoms with E-state index in [0.717, 1.165) is 36.4 Å². The maximum atomic E-state index is 13.2. The minimum Gasteiger partial charge on any atom is -0.348 e. The number of nitrogens with zero attached hydrogens (tertiary/aromatic N) is 4. The number of aromatic nitrogens is 2. The number of anilines is 1.